The molecule has 1 N–H and O–H groups in total. The van der Waals surface area contributed by atoms with Crippen molar-refractivity contribution >= 4 is 17.4 Å². The van der Waals surface area contributed by atoms with Gasteiger partial charge >= 0.3 is 0 Å². The number of likely N-dealkylation sites (tertiary alicyclic amines) is 1. The summed E-state index contributed by atoms with van der Waals surface area (Å²) in [6.07, 6.45) is 7.06. The molecule has 8 nitrogen and oxygen atoms in total. The Morgan fingerprint density at radius 3 is 2.53 bits per heavy atom. The van der Waals surface area contributed by atoms with Crippen LogP contribution in [0.25, 0.3) is 5.76 Å². The number of ether oxygens (including phenoxy) is 1. The quantitative estimate of drug-likeness (QED) is 0.441. The lowest BCUT2D eigenvalue weighted by molar-refractivity contribution is -0.140. The Hall–Kier alpha value is -3.10. The molecule has 0 aliphatic carbocycles. The molecule has 2 aliphatic heterocycles. The number of Topliss-reactive ketones (excluding diaryl/α,β-unsaturated/α-hetero) is 1. The fourth-order valence-electron chi connectivity index (χ4n) is 3.95. The Morgan fingerprint density at radius 2 is 1.83 bits per heavy atom. The van der Waals surface area contributed by atoms with E-state index in [-0.39, 0.29) is 11.3 Å². The zero-order chi connectivity index (χ0) is 20.9. The summed E-state index contributed by atoms with van der Waals surface area (Å²) in [5, 5.41) is 10.9. The predicted octanol–water partition coefficient (Wildman–Crippen LogP) is 1.62. The summed E-state index contributed by atoms with van der Waals surface area (Å²) >= 11 is 0. The van der Waals surface area contributed by atoms with Gasteiger partial charge in [-0.3, -0.25) is 24.5 Å². The molecule has 0 saturated carbocycles. The zero-order valence-electron chi connectivity index (χ0n) is 16.6. The van der Waals surface area contributed by atoms with Gasteiger partial charge < -0.3 is 14.7 Å². The molecule has 1 atom stereocenters. The van der Waals surface area contributed by atoms with Gasteiger partial charge in [0.15, 0.2) is 0 Å². The molecule has 2 aromatic heterocycles. The fraction of sp³-hybridized carbons (Fsp3) is 0.364. The molecule has 4 heterocycles. The molecule has 30 heavy (non-hydrogen) atoms. The van der Waals surface area contributed by atoms with E-state index in [9.17, 15) is 14.7 Å². The lowest BCUT2D eigenvalue weighted by atomic mass is 9.96. The molecule has 2 saturated heterocycles. The van der Waals surface area contributed by atoms with Crippen molar-refractivity contribution in [2.24, 2.45) is 0 Å². The number of rotatable bonds is 6. The Bertz CT molecular complexity index is 927. The van der Waals surface area contributed by atoms with Crippen LogP contribution in [0.1, 0.15) is 23.6 Å². The van der Waals surface area contributed by atoms with Crippen molar-refractivity contribution in [3.63, 3.8) is 0 Å². The Morgan fingerprint density at radius 1 is 1.07 bits per heavy atom. The molecule has 2 aliphatic rings. The van der Waals surface area contributed by atoms with E-state index in [0.29, 0.717) is 30.9 Å². The highest BCUT2D eigenvalue weighted by molar-refractivity contribution is 6.46. The van der Waals surface area contributed by atoms with Crippen molar-refractivity contribution in [3.05, 3.63) is 65.8 Å². The van der Waals surface area contributed by atoms with Crippen LogP contribution < -0.4 is 0 Å². The smallest absolute Gasteiger partial charge is 0.295 e. The van der Waals surface area contributed by atoms with Gasteiger partial charge in [-0.05, 0) is 30.2 Å². The zero-order valence-corrected chi connectivity index (χ0v) is 16.6. The Labute approximate surface area is 174 Å². The van der Waals surface area contributed by atoms with Crippen LogP contribution in [0.3, 0.4) is 0 Å². The SMILES string of the molecule is O=C1C(=O)N(CCCN2CCOCC2)[C@H](c2cccnc2)/C1=C(\O)c1ccncc1. The number of hydrogen-bond donors (Lipinski definition) is 1. The van der Waals surface area contributed by atoms with Crippen molar-refractivity contribution in [3.8, 4) is 0 Å². The first-order chi connectivity index (χ1) is 14.7. The summed E-state index contributed by atoms with van der Waals surface area (Å²) in [5.74, 6) is -1.47. The van der Waals surface area contributed by atoms with E-state index < -0.39 is 17.7 Å². The summed E-state index contributed by atoms with van der Waals surface area (Å²) in [4.78, 5) is 37.7. The third-order valence-corrected chi connectivity index (χ3v) is 5.47. The van der Waals surface area contributed by atoms with E-state index in [1.54, 1.807) is 35.5 Å². The van der Waals surface area contributed by atoms with Crippen LogP contribution in [0.2, 0.25) is 0 Å². The van der Waals surface area contributed by atoms with E-state index in [0.717, 1.165) is 26.1 Å². The van der Waals surface area contributed by atoms with E-state index in [1.807, 2.05) is 6.07 Å². The van der Waals surface area contributed by atoms with Crippen LogP contribution in [-0.4, -0.2) is 76.0 Å². The van der Waals surface area contributed by atoms with Gasteiger partial charge in [0.1, 0.15) is 5.76 Å². The number of carbonyl (C=O) groups is 2. The van der Waals surface area contributed by atoms with Crippen LogP contribution in [0.5, 0.6) is 0 Å². The van der Waals surface area contributed by atoms with Crippen LogP contribution in [0, 0.1) is 0 Å². The van der Waals surface area contributed by atoms with Crippen LogP contribution >= 0.6 is 0 Å². The number of amides is 1. The maximum absolute atomic E-state index is 12.9. The monoisotopic (exact) mass is 408 g/mol. The van der Waals surface area contributed by atoms with E-state index in [4.69, 9.17) is 4.74 Å². The molecule has 8 heteroatoms. The van der Waals surface area contributed by atoms with E-state index in [2.05, 4.69) is 14.9 Å². The number of carbonyl (C=O) groups excluding carboxylic acids is 2. The first kappa shape index (κ1) is 20.2. The normalized spacial score (nSPS) is 21.9. The molecule has 0 unspecified atom stereocenters. The highest BCUT2D eigenvalue weighted by atomic mass is 16.5. The first-order valence-corrected chi connectivity index (χ1v) is 10.1. The minimum absolute atomic E-state index is 0.0885. The number of pyridine rings is 2. The number of nitrogens with zero attached hydrogens (tertiary/aromatic N) is 4. The number of aromatic nitrogens is 2. The van der Waals surface area contributed by atoms with Crippen molar-refractivity contribution in [1.82, 2.24) is 19.8 Å². The highest BCUT2D eigenvalue weighted by Crippen LogP contribution is 2.39. The maximum atomic E-state index is 12.9. The molecule has 0 aromatic carbocycles. The van der Waals surface area contributed by atoms with Crippen molar-refractivity contribution in [2.75, 3.05) is 39.4 Å². The third-order valence-electron chi connectivity index (χ3n) is 5.47. The topological polar surface area (TPSA) is 95.9 Å². The van der Waals surface area contributed by atoms with Gasteiger partial charge in [-0.25, -0.2) is 0 Å². The second kappa shape index (κ2) is 9.15. The number of hydrogen-bond acceptors (Lipinski definition) is 7. The summed E-state index contributed by atoms with van der Waals surface area (Å²) in [7, 11) is 0. The molecule has 0 spiro atoms. The molecular weight excluding hydrogens is 384 g/mol. The van der Waals surface area contributed by atoms with Gasteiger partial charge in [0, 0.05) is 56.5 Å². The predicted molar refractivity (Wildman–Crippen MR) is 109 cm³/mol. The molecule has 1 amide bonds. The molecule has 2 fully saturated rings. The fourth-order valence-corrected chi connectivity index (χ4v) is 3.95. The first-order valence-electron chi connectivity index (χ1n) is 10.1. The van der Waals surface area contributed by atoms with Crippen molar-refractivity contribution < 1.29 is 19.4 Å². The van der Waals surface area contributed by atoms with Crippen LogP contribution in [0.4, 0.5) is 0 Å². The highest BCUT2D eigenvalue weighted by Gasteiger charge is 2.45. The Balaban J connectivity index is 1.63. The standard InChI is InChI=1S/C22H24N4O4/c27-20(16-4-7-23-8-5-16)18-19(17-3-1-6-24-15-17)26(22(29)21(18)28)10-2-9-25-11-13-30-14-12-25/h1,3-8,15,19,27H,2,9-14H2/b20-18+/t19-/m1/s1. The molecule has 0 radical (unpaired) electrons. The minimum atomic E-state index is -0.676. The van der Waals surface area contributed by atoms with Gasteiger partial charge in [0.25, 0.3) is 11.7 Å². The lowest BCUT2D eigenvalue weighted by Crippen LogP contribution is -2.39. The molecule has 156 valence electrons. The van der Waals surface area contributed by atoms with Gasteiger partial charge in [-0.15, -0.1) is 0 Å². The van der Waals surface area contributed by atoms with Gasteiger partial charge in [-0.1, -0.05) is 6.07 Å². The average Bonchev–Trinajstić information content (AvgIpc) is 3.05. The number of aliphatic hydroxyl groups is 1. The minimum Gasteiger partial charge on any atom is -0.507 e. The van der Waals surface area contributed by atoms with E-state index >= 15 is 0 Å². The van der Waals surface area contributed by atoms with E-state index in [1.165, 1.54) is 12.4 Å². The van der Waals surface area contributed by atoms with Gasteiger partial charge in [-0.2, -0.15) is 0 Å². The number of morpholine rings is 1. The summed E-state index contributed by atoms with van der Waals surface area (Å²) in [5.41, 5.74) is 1.23. The molecule has 0 bridgehead atoms. The summed E-state index contributed by atoms with van der Waals surface area (Å²) in [6.45, 7) is 4.39. The average molecular weight is 408 g/mol. The Kier molecular flexibility index (Phi) is 6.15. The summed E-state index contributed by atoms with van der Waals surface area (Å²) < 4.78 is 5.37. The number of aliphatic hydroxyl groups excluding tert-OH is 1. The number of ketones is 1. The molecule has 2 aromatic rings. The van der Waals surface area contributed by atoms with Gasteiger partial charge in [0.2, 0.25) is 0 Å². The van der Waals surface area contributed by atoms with Gasteiger partial charge in [0.05, 0.1) is 24.8 Å². The maximum Gasteiger partial charge on any atom is 0.295 e. The largest absolute Gasteiger partial charge is 0.507 e. The molecular formula is C22H24N4O4. The second-order valence-corrected chi connectivity index (χ2v) is 7.32. The van der Waals surface area contributed by atoms with Crippen LogP contribution in [-0.2, 0) is 14.3 Å². The molecule has 4 rings (SSSR count). The van der Waals surface area contributed by atoms with Crippen molar-refractivity contribution in [2.45, 2.75) is 12.5 Å². The van der Waals surface area contributed by atoms with Crippen LogP contribution in [0.15, 0.2) is 54.6 Å². The summed E-state index contributed by atoms with van der Waals surface area (Å²) in [6, 6.07) is 6.13. The second-order valence-electron chi connectivity index (χ2n) is 7.32. The van der Waals surface area contributed by atoms with Crippen molar-refractivity contribution in [1.29, 1.82) is 0 Å². The third kappa shape index (κ3) is 4.10. The lowest BCUT2D eigenvalue weighted by Gasteiger charge is -2.29.